The third kappa shape index (κ3) is 5.57. The fourth-order valence-electron chi connectivity index (χ4n) is 4.55. The van der Waals surface area contributed by atoms with Gasteiger partial charge in [0.15, 0.2) is 5.96 Å². The largest absolute Gasteiger partial charge is 0.375 e. The van der Waals surface area contributed by atoms with Crippen molar-refractivity contribution in [3.63, 3.8) is 0 Å². The van der Waals surface area contributed by atoms with Gasteiger partial charge in [-0.05, 0) is 45.7 Å². The molecule has 0 aromatic carbocycles. The molecule has 0 aromatic rings. The van der Waals surface area contributed by atoms with Crippen molar-refractivity contribution in [3.05, 3.63) is 0 Å². The second-order valence-electron chi connectivity index (χ2n) is 8.01. The van der Waals surface area contributed by atoms with Gasteiger partial charge in [-0.15, -0.1) is 0 Å². The van der Waals surface area contributed by atoms with E-state index in [1.165, 1.54) is 32.1 Å². The highest BCUT2D eigenvalue weighted by Gasteiger charge is 2.32. The van der Waals surface area contributed by atoms with Crippen molar-refractivity contribution >= 4 is 5.96 Å². The minimum absolute atomic E-state index is 0.183. The number of aliphatic imine (C=N–C) groups is 1. The fourth-order valence-corrected chi connectivity index (χ4v) is 4.55. The van der Waals surface area contributed by atoms with Gasteiger partial charge >= 0.3 is 0 Å². The van der Waals surface area contributed by atoms with Gasteiger partial charge < -0.3 is 24.6 Å². The van der Waals surface area contributed by atoms with E-state index in [0.717, 1.165) is 70.7 Å². The second kappa shape index (κ2) is 10.5. The van der Waals surface area contributed by atoms with E-state index in [1.807, 2.05) is 7.05 Å². The second-order valence-corrected chi connectivity index (χ2v) is 8.01. The van der Waals surface area contributed by atoms with Crippen molar-refractivity contribution in [3.8, 4) is 0 Å². The molecule has 0 bridgehead atoms. The van der Waals surface area contributed by atoms with E-state index in [1.54, 1.807) is 0 Å². The molecule has 1 N–H and O–H groups in total. The van der Waals surface area contributed by atoms with Crippen molar-refractivity contribution in [2.24, 2.45) is 4.99 Å². The smallest absolute Gasteiger partial charge is 0.193 e. The molecule has 2 heterocycles. The lowest BCUT2D eigenvalue weighted by Gasteiger charge is -2.37. The van der Waals surface area contributed by atoms with E-state index in [2.05, 4.69) is 27.2 Å². The van der Waals surface area contributed by atoms with Crippen LogP contribution in [-0.2, 0) is 9.47 Å². The Morgan fingerprint density at radius 1 is 1.08 bits per heavy atom. The minimum Gasteiger partial charge on any atom is -0.375 e. The third-order valence-electron chi connectivity index (χ3n) is 6.15. The first-order chi connectivity index (χ1) is 12.8. The first kappa shape index (κ1) is 19.9. The lowest BCUT2D eigenvalue weighted by molar-refractivity contribution is -0.0816. The van der Waals surface area contributed by atoms with Crippen LogP contribution in [-0.4, -0.2) is 87.5 Å². The molecular weight excluding hydrogens is 328 g/mol. The molecule has 6 heteroatoms. The summed E-state index contributed by atoms with van der Waals surface area (Å²) in [4.78, 5) is 9.40. The maximum absolute atomic E-state index is 5.95. The van der Waals surface area contributed by atoms with Gasteiger partial charge in [-0.25, -0.2) is 0 Å². The fraction of sp³-hybridized carbons (Fsp3) is 0.950. The summed E-state index contributed by atoms with van der Waals surface area (Å²) in [5.41, 5.74) is 0. The van der Waals surface area contributed by atoms with E-state index < -0.39 is 0 Å². The highest BCUT2D eigenvalue weighted by molar-refractivity contribution is 5.80. The Morgan fingerprint density at radius 2 is 1.88 bits per heavy atom. The zero-order valence-corrected chi connectivity index (χ0v) is 16.8. The number of nitrogens with zero attached hydrogens (tertiary/aromatic N) is 3. The number of rotatable bonds is 6. The summed E-state index contributed by atoms with van der Waals surface area (Å²) in [6.45, 7) is 5.57. The highest BCUT2D eigenvalue weighted by Crippen LogP contribution is 2.22. The van der Waals surface area contributed by atoms with Gasteiger partial charge in [-0.1, -0.05) is 19.3 Å². The molecule has 2 aliphatic heterocycles. The molecule has 1 aliphatic carbocycles. The molecule has 6 nitrogen and oxygen atoms in total. The molecule has 150 valence electrons. The van der Waals surface area contributed by atoms with Gasteiger partial charge in [-0.3, -0.25) is 4.99 Å². The molecular formula is C20H38N4O2. The van der Waals surface area contributed by atoms with Crippen molar-refractivity contribution in [2.75, 3.05) is 53.5 Å². The quantitative estimate of drug-likeness (QED) is 0.443. The Hall–Kier alpha value is -0.850. The van der Waals surface area contributed by atoms with Crippen LogP contribution >= 0.6 is 0 Å². The van der Waals surface area contributed by atoms with Crippen LogP contribution in [0.2, 0.25) is 0 Å². The molecule has 2 unspecified atom stereocenters. The van der Waals surface area contributed by atoms with Crippen molar-refractivity contribution in [2.45, 2.75) is 69.6 Å². The van der Waals surface area contributed by atoms with E-state index >= 15 is 0 Å². The topological polar surface area (TPSA) is 49.3 Å². The predicted octanol–water partition coefficient (Wildman–Crippen LogP) is 2.10. The number of guanidine groups is 1. The Kier molecular flexibility index (Phi) is 8.02. The average molecular weight is 367 g/mol. The Bertz CT molecular complexity index is 434. The minimum atomic E-state index is 0.183. The van der Waals surface area contributed by atoms with Crippen molar-refractivity contribution in [1.82, 2.24) is 15.1 Å². The van der Waals surface area contributed by atoms with Crippen LogP contribution < -0.4 is 5.32 Å². The summed E-state index contributed by atoms with van der Waals surface area (Å²) in [6, 6.07) is 0.800. The average Bonchev–Trinajstić information content (AvgIpc) is 3.23. The molecule has 26 heavy (non-hydrogen) atoms. The molecule has 2 atom stereocenters. The standard InChI is InChI=1S/C20H38N4O2/c1-21-20(22-11-7-12-23(2)17-8-4-3-5-9-17)24-13-15-26-19(16-24)18-10-6-14-25-18/h17-19H,3-16H2,1-2H3,(H,21,22). The summed E-state index contributed by atoms with van der Waals surface area (Å²) in [5.74, 6) is 1.01. The summed E-state index contributed by atoms with van der Waals surface area (Å²) >= 11 is 0. The third-order valence-corrected chi connectivity index (χ3v) is 6.15. The van der Waals surface area contributed by atoms with E-state index in [9.17, 15) is 0 Å². The zero-order chi connectivity index (χ0) is 18.2. The van der Waals surface area contributed by atoms with Gasteiger partial charge in [0.1, 0.15) is 6.10 Å². The summed E-state index contributed by atoms with van der Waals surface area (Å²) < 4.78 is 11.8. The number of morpholine rings is 1. The highest BCUT2D eigenvalue weighted by atomic mass is 16.5. The maximum atomic E-state index is 5.95. The molecule has 2 saturated heterocycles. The van der Waals surface area contributed by atoms with Gasteiger partial charge in [-0.2, -0.15) is 0 Å². The SMILES string of the molecule is CN=C(NCCCN(C)C1CCCCC1)N1CCOC(C2CCCO2)C1. The van der Waals surface area contributed by atoms with Crippen molar-refractivity contribution < 1.29 is 9.47 Å². The van der Waals surface area contributed by atoms with Crippen LogP contribution in [0.1, 0.15) is 51.4 Å². The van der Waals surface area contributed by atoms with E-state index in [0.29, 0.717) is 0 Å². The van der Waals surface area contributed by atoms with E-state index in [4.69, 9.17) is 9.47 Å². The maximum Gasteiger partial charge on any atom is 0.193 e. The van der Waals surface area contributed by atoms with Gasteiger partial charge in [0.25, 0.3) is 0 Å². The molecule has 0 radical (unpaired) electrons. The summed E-state index contributed by atoms with van der Waals surface area (Å²) in [6.07, 6.45) is 10.9. The monoisotopic (exact) mass is 366 g/mol. The normalized spacial score (nSPS) is 28.7. The van der Waals surface area contributed by atoms with Crippen LogP contribution in [0.5, 0.6) is 0 Å². The number of ether oxygens (including phenoxy) is 2. The molecule has 1 saturated carbocycles. The van der Waals surface area contributed by atoms with Crippen LogP contribution in [0, 0.1) is 0 Å². The molecule has 3 fully saturated rings. The Balaban J connectivity index is 1.37. The molecule has 0 spiro atoms. The Morgan fingerprint density at radius 3 is 2.62 bits per heavy atom. The molecule has 3 aliphatic rings. The number of hydrogen-bond donors (Lipinski definition) is 1. The lowest BCUT2D eigenvalue weighted by Crippen LogP contribution is -2.53. The first-order valence-corrected chi connectivity index (χ1v) is 10.7. The zero-order valence-electron chi connectivity index (χ0n) is 16.8. The predicted molar refractivity (Wildman–Crippen MR) is 106 cm³/mol. The van der Waals surface area contributed by atoms with Gasteiger partial charge in [0.2, 0.25) is 0 Å². The first-order valence-electron chi connectivity index (χ1n) is 10.7. The number of nitrogens with one attached hydrogen (secondary N) is 1. The van der Waals surface area contributed by atoms with E-state index in [-0.39, 0.29) is 12.2 Å². The number of hydrogen-bond acceptors (Lipinski definition) is 4. The molecule has 0 aromatic heterocycles. The Labute approximate surface area is 159 Å². The van der Waals surface area contributed by atoms with Crippen LogP contribution in [0.3, 0.4) is 0 Å². The molecule has 0 amide bonds. The van der Waals surface area contributed by atoms with Crippen LogP contribution in [0.4, 0.5) is 0 Å². The summed E-state index contributed by atoms with van der Waals surface area (Å²) in [7, 11) is 4.17. The van der Waals surface area contributed by atoms with Crippen molar-refractivity contribution in [1.29, 1.82) is 0 Å². The van der Waals surface area contributed by atoms with Crippen LogP contribution in [0.25, 0.3) is 0 Å². The summed E-state index contributed by atoms with van der Waals surface area (Å²) in [5, 5.41) is 3.56. The van der Waals surface area contributed by atoms with Crippen LogP contribution in [0.15, 0.2) is 4.99 Å². The van der Waals surface area contributed by atoms with Gasteiger partial charge in [0, 0.05) is 39.3 Å². The van der Waals surface area contributed by atoms with Gasteiger partial charge in [0.05, 0.1) is 12.7 Å². The lowest BCUT2D eigenvalue weighted by atomic mass is 9.94. The molecule has 3 rings (SSSR count).